The summed E-state index contributed by atoms with van der Waals surface area (Å²) in [7, 11) is 0. The normalized spacial score (nSPS) is 19.1. The average molecular weight is 232 g/mol. The molecule has 1 unspecified atom stereocenters. The second-order valence-corrected chi connectivity index (χ2v) is 4.59. The molecule has 0 spiro atoms. The number of hydrogen-bond acceptors (Lipinski definition) is 2. The van der Waals surface area contributed by atoms with Crippen LogP contribution in [0.3, 0.4) is 0 Å². The highest BCUT2D eigenvalue weighted by Crippen LogP contribution is 2.25. The molecule has 0 fully saturated rings. The number of likely N-dealkylation sites (N-methyl/N-ethyl adjacent to an activating group) is 1. The first kappa shape index (κ1) is 12.1. The lowest BCUT2D eigenvalue weighted by Crippen LogP contribution is -2.47. The molecule has 3 heteroatoms. The number of nitrogens with zero attached hydrogens (tertiary/aromatic N) is 1. The molecule has 0 radical (unpaired) electrons. The second-order valence-electron chi connectivity index (χ2n) is 4.59. The van der Waals surface area contributed by atoms with E-state index in [9.17, 15) is 4.79 Å². The van der Waals surface area contributed by atoms with Crippen molar-refractivity contribution in [1.29, 1.82) is 0 Å². The van der Waals surface area contributed by atoms with Crippen LogP contribution >= 0.6 is 0 Å². The molecule has 0 aromatic heterocycles. The molecule has 1 N–H and O–H groups in total. The van der Waals surface area contributed by atoms with Crippen molar-refractivity contribution in [3.8, 4) is 0 Å². The summed E-state index contributed by atoms with van der Waals surface area (Å²) >= 11 is 0. The monoisotopic (exact) mass is 232 g/mol. The van der Waals surface area contributed by atoms with Crippen molar-refractivity contribution in [3.63, 3.8) is 0 Å². The standard InChI is InChI=1S/C14H20N2O/c1-4-16(5-2)13-9-11-7-6-10(3)8-12(11)15-14(13)17/h6-8,13H,4-5,9H2,1-3H3,(H,15,17). The molecular weight excluding hydrogens is 212 g/mol. The molecule has 1 aliphatic heterocycles. The maximum Gasteiger partial charge on any atom is 0.242 e. The molecule has 1 amide bonds. The number of carbonyl (C=O) groups excluding carboxylic acids is 1. The highest BCUT2D eigenvalue weighted by molar-refractivity contribution is 5.98. The SMILES string of the molecule is CCN(CC)C1Cc2ccc(C)cc2NC1=O. The molecule has 3 nitrogen and oxygen atoms in total. The summed E-state index contributed by atoms with van der Waals surface area (Å²) < 4.78 is 0. The lowest BCUT2D eigenvalue weighted by molar-refractivity contribution is -0.121. The minimum atomic E-state index is -0.0137. The van der Waals surface area contributed by atoms with Gasteiger partial charge in [0.15, 0.2) is 0 Å². The second kappa shape index (κ2) is 4.88. The Morgan fingerprint density at radius 2 is 2.06 bits per heavy atom. The van der Waals surface area contributed by atoms with Crippen LogP contribution in [-0.4, -0.2) is 29.9 Å². The van der Waals surface area contributed by atoms with Crippen molar-refractivity contribution in [3.05, 3.63) is 29.3 Å². The van der Waals surface area contributed by atoms with Gasteiger partial charge in [-0.25, -0.2) is 0 Å². The number of carbonyl (C=O) groups is 1. The molecule has 1 aliphatic rings. The van der Waals surface area contributed by atoms with E-state index in [2.05, 4.69) is 36.2 Å². The number of amides is 1. The molecule has 0 aliphatic carbocycles. The molecule has 92 valence electrons. The number of anilines is 1. The fraction of sp³-hybridized carbons (Fsp3) is 0.500. The van der Waals surface area contributed by atoms with E-state index in [1.165, 1.54) is 11.1 Å². The lowest BCUT2D eigenvalue weighted by Gasteiger charge is -2.32. The molecule has 1 atom stereocenters. The van der Waals surface area contributed by atoms with Gasteiger partial charge in [-0.15, -0.1) is 0 Å². The van der Waals surface area contributed by atoms with Crippen molar-refractivity contribution in [1.82, 2.24) is 4.90 Å². The van der Waals surface area contributed by atoms with Crippen molar-refractivity contribution < 1.29 is 4.79 Å². The zero-order valence-corrected chi connectivity index (χ0v) is 10.8. The van der Waals surface area contributed by atoms with Gasteiger partial charge >= 0.3 is 0 Å². The number of benzene rings is 1. The molecule has 0 bridgehead atoms. The molecule has 1 heterocycles. The summed E-state index contributed by atoms with van der Waals surface area (Å²) in [6, 6.07) is 6.27. The van der Waals surface area contributed by atoms with Crippen LogP contribution in [0.2, 0.25) is 0 Å². The van der Waals surface area contributed by atoms with Crippen LogP contribution in [0.25, 0.3) is 0 Å². The quantitative estimate of drug-likeness (QED) is 0.866. The van der Waals surface area contributed by atoms with Gasteiger partial charge in [0, 0.05) is 5.69 Å². The van der Waals surface area contributed by atoms with E-state index >= 15 is 0 Å². The highest BCUT2D eigenvalue weighted by Gasteiger charge is 2.29. The molecular formula is C14H20N2O. The maximum atomic E-state index is 12.1. The summed E-state index contributed by atoms with van der Waals surface area (Å²) in [4.78, 5) is 14.3. The van der Waals surface area contributed by atoms with Crippen LogP contribution in [-0.2, 0) is 11.2 Å². The molecule has 0 saturated heterocycles. The van der Waals surface area contributed by atoms with Crippen LogP contribution in [0, 0.1) is 6.92 Å². The van der Waals surface area contributed by atoms with Crippen LogP contribution in [0.1, 0.15) is 25.0 Å². The van der Waals surface area contributed by atoms with Crippen molar-refractivity contribution >= 4 is 11.6 Å². The Bertz CT molecular complexity index is 424. The molecule has 1 aromatic rings. The third-order valence-electron chi connectivity index (χ3n) is 3.49. The fourth-order valence-corrected chi connectivity index (χ4v) is 2.46. The number of nitrogens with one attached hydrogen (secondary N) is 1. The fourth-order valence-electron chi connectivity index (χ4n) is 2.46. The Morgan fingerprint density at radius 1 is 1.35 bits per heavy atom. The Hall–Kier alpha value is -1.35. The van der Waals surface area contributed by atoms with E-state index in [1.54, 1.807) is 0 Å². The minimum absolute atomic E-state index is 0.0137. The van der Waals surface area contributed by atoms with E-state index in [0.717, 1.165) is 25.2 Å². The largest absolute Gasteiger partial charge is 0.324 e. The highest BCUT2D eigenvalue weighted by atomic mass is 16.2. The van der Waals surface area contributed by atoms with Crippen LogP contribution in [0.15, 0.2) is 18.2 Å². The van der Waals surface area contributed by atoms with Crippen molar-refractivity contribution in [2.75, 3.05) is 18.4 Å². The molecule has 0 saturated carbocycles. The van der Waals surface area contributed by atoms with Gasteiger partial charge in [0.2, 0.25) is 5.91 Å². The predicted molar refractivity (Wildman–Crippen MR) is 70.2 cm³/mol. The smallest absolute Gasteiger partial charge is 0.242 e. The first-order valence-electron chi connectivity index (χ1n) is 6.30. The first-order chi connectivity index (χ1) is 8.15. The topological polar surface area (TPSA) is 32.3 Å². The number of aryl methyl sites for hydroxylation is 1. The Balaban J connectivity index is 2.26. The summed E-state index contributed by atoms with van der Waals surface area (Å²) in [5.74, 6) is 0.131. The van der Waals surface area contributed by atoms with E-state index in [4.69, 9.17) is 0 Å². The van der Waals surface area contributed by atoms with Crippen LogP contribution < -0.4 is 5.32 Å². The summed E-state index contributed by atoms with van der Waals surface area (Å²) in [6.45, 7) is 8.07. The minimum Gasteiger partial charge on any atom is -0.324 e. The van der Waals surface area contributed by atoms with Crippen LogP contribution in [0.5, 0.6) is 0 Å². The van der Waals surface area contributed by atoms with E-state index in [-0.39, 0.29) is 11.9 Å². The third kappa shape index (κ3) is 2.34. The first-order valence-corrected chi connectivity index (χ1v) is 6.30. The van der Waals surface area contributed by atoms with Gasteiger partial charge < -0.3 is 5.32 Å². The lowest BCUT2D eigenvalue weighted by atomic mass is 9.96. The van der Waals surface area contributed by atoms with Crippen LogP contribution in [0.4, 0.5) is 5.69 Å². The summed E-state index contributed by atoms with van der Waals surface area (Å²) in [5.41, 5.74) is 3.41. The van der Waals surface area contributed by atoms with E-state index < -0.39 is 0 Å². The number of hydrogen-bond donors (Lipinski definition) is 1. The Kier molecular flexibility index (Phi) is 3.48. The van der Waals surface area contributed by atoms with Gasteiger partial charge in [0.05, 0.1) is 6.04 Å². The van der Waals surface area contributed by atoms with E-state index in [0.29, 0.717) is 0 Å². The molecule has 17 heavy (non-hydrogen) atoms. The van der Waals surface area contributed by atoms with Gasteiger partial charge in [-0.1, -0.05) is 26.0 Å². The van der Waals surface area contributed by atoms with Crippen molar-refractivity contribution in [2.24, 2.45) is 0 Å². The molecule has 2 rings (SSSR count). The zero-order valence-electron chi connectivity index (χ0n) is 10.8. The number of rotatable bonds is 3. The van der Waals surface area contributed by atoms with Gasteiger partial charge in [-0.3, -0.25) is 9.69 Å². The third-order valence-corrected chi connectivity index (χ3v) is 3.49. The Labute approximate surface area is 103 Å². The van der Waals surface area contributed by atoms with Gasteiger partial charge in [0.1, 0.15) is 0 Å². The van der Waals surface area contributed by atoms with Gasteiger partial charge in [-0.05, 0) is 43.6 Å². The van der Waals surface area contributed by atoms with E-state index in [1.807, 2.05) is 13.0 Å². The number of fused-ring (bicyclic) bond motifs is 1. The maximum absolute atomic E-state index is 12.1. The summed E-state index contributed by atoms with van der Waals surface area (Å²) in [6.07, 6.45) is 0.823. The zero-order chi connectivity index (χ0) is 12.4. The predicted octanol–water partition coefficient (Wildman–Crippen LogP) is 2.20. The van der Waals surface area contributed by atoms with Gasteiger partial charge in [0.25, 0.3) is 0 Å². The molecule has 1 aromatic carbocycles. The average Bonchev–Trinajstić information content (AvgIpc) is 2.31. The Morgan fingerprint density at radius 3 is 2.71 bits per heavy atom. The van der Waals surface area contributed by atoms with Gasteiger partial charge in [-0.2, -0.15) is 0 Å². The van der Waals surface area contributed by atoms with Crippen molar-refractivity contribution in [2.45, 2.75) is 33.2 Å². The summed E-state index contributed by atoms with van der Waals surface area (Å²) in [5, 5.41) is 3.02.